The van der Waals surface area contributed by atoms with E-state index in [2.05, 4.69) is 53.7 Å². The third-order valence-corrected chi connectivity index (χ3v) is 3.81. The Hall–Kier alpha value is -1.54. The van der Waals surface area contributed by atoms with Crippen LogP contribution in [0.1, 0.15) is 12.5 Å². The Balaban J connectivity index is 2.23. The Morgan fingerprint density at radius 1 is 1.19 bits per heavy atom. The van der Waals surface area contributed by atoms with Crippen molar-refractivity contribution in [2.45, 2.75) is 13.3 Å². The lowest BCUT2D eigenvalue weighted by molar-refractivity contribution is 1.15. The minimum absolute atomic E-state index is 1.07. The molecule has 0 saturated carbocycles. The van der Waals surface area contributed by atoms with E-state index in [0.717, 1.165) is 6.42 Å². The number of rotatable bonds is 2. The molecule has 16 heavy (non-hydrogen) atoms. The average molecular weight is 227 g/mol. The smallest absolute Gasteiger partial charge is 0.0566 e. The van der Waals surface area contributed by atoms with E-state index in [4.69, 9.17) is 0 Å². The molecule has 1 nitrogen and oxygen atoms in total. The molecule has 2 heteroatoms. The zero-order chi connectivity index (χ0) is 11.0. The van der Waals surface area contributed by atoms with E-state index < -0.39 is 0 Å². The van der Waals surface area contributed by atoms with E-state index in [-0.39, 0.29) is 0 Å². The SMILES string of the molecule is CCc1cccc2cc(-c3cccs3)[nH]c12. The van der Waals surface area contributed by atoms with Crippen molar-refractivity contribution in [3.8, 4) is 10.6 Å². The molecule has 0 radical (unpaired) electrons. The van der Waals surface area contributed by atoms with Crippen LogP contribution in [0.2, 0.25) is 0 Å². The molecule has 1 N–H and O–H groups in total. The van der Waals surface area contributed by atoms with E-state index in [0.29, 0.717) is 0 Å². The van der Waals surface area contributed by atoms with Gasteiger partial charge in [-0.3, -0.25) is 0 Å². The summed E-state index contributed by atoms with van der Waals surface area (Å²) in [5, 5.41) is 3.42. The molecule has 0 spiro atoms. The molecule has 0 fully saturated rings. The van der Waals surface area contributed by atoms with Crippen molar-refractivity contribution >= 4 is 22.2 Å². The summed E-state index contributed by atoms with van der Waals surface area (Å²) in [6, 6.07) is 13.0. The Labute approximate surface area is 98.7 Å². The van der Waals surface area contributed by atoms with Crippen LogP contribution in [0.25, 0.3) is 21.5 Å². The predicted molar refractivity (Wildman–Crippen MR) is 71.0 cm³/mol. The van der Waals surface area contributed by atoms with E-state index in [9.17, 15) is 0 Å². The van der Waals surface area contributed by atoms with Crippen LogP contribution in [0, 0.1) is 0 Å². The number of aryl methyl sites for hydroxylation is 1. The van der Waals surface area contributed by atoms with Crippen LogP contribution in [-0.4, -0.2) is 4.98 Å². The minimum Gasteiger partial charge on any atom is -0.354 e. The van der Waals surface area contributed by atoms with Gasteiger partial charge in [-0.1, -0.05) is 31.2 Å². The van der Waals surface area contributed by atoms with Crippen LogP contribution in [0.15, 0.2) is 41.8 Å². The second-order valence-corrected chi connectivity index (χ2v) is 4.84. The maximum atomic E-state index is 3.53. The molecule has 0 atom stereocenters. The number of aromatic nitrogens is 1. The van der Waals surface area contributed by atoms with Crippen molar-refractivity contribution < 1.29 is 0 Å². The molecule has 0 unspecified atom stereocenters. The highest BCUT2D eigenvalue weighted by Gasteiger charge is 2.06. The Kier molecular flexibility index (Phi) is 2.29. The lowest BCUT2D eigenvalue weighted by Gasteiger charge is -1.97. The molecule has 2 aromatic heterocycles. The molecule has 0 bridgehead atoms. The first-order valence-corrected chi connectivity index (χ1v) is 6.41. The number of fused-ring (bicyclic) bond motifs is 1. The maximum absolute atomic E-state index is 3.53. The van der Waals surface area contributed by atoms with Gasteiger partial charge in [-0.25, -0.2) is 0 Å². The summed E-state index contributed by atoms with van der Waals surface area (Å²) in [5.41, 5.74) is 3.90. The van der Waals surface area contributed by atoms with E-state index in [1.54, 1.807) is 11.3 Å². The van der Waals surface area contributed by atoms with E-state index >= 15 is 0 Å². The minimum atomic E-state index is 1.07. The third kappa shape index (κ3) is 1.46. The Morgan fingerprint density at radius 3 is 2.88 bits per heavy atom. The Bertz CT molecular complexity index is 605. The number of para-hydroxylation sites is 1. The van der Waals surface area contributed by atoms with Gasteiger partial charge >= 0.3 is 0 Å². The number of benzene rings is 1. The van der Waals surface area contributed by atoms with Gasteiger partial charge < -0.3 is 4.98 Å². The number of hydrogen-bond donors (Lipinski definition) is 1. The standard InChI is InChI=1S/C14H13NS/c1-2-10-5-3-6-11-9-12(15-14(10)11)13-7-4-8-16-13/h3-9,15H,2H2,1H3. The van der Waals surface area contributed by atoms with Gasteiger partial charge in [0.2, 0.25) is 0 Å². The van der Waals surface area contributed by atoms with Crippen molar-refractivity contribution in [3.05, 3.63) is 47.3 Å². The fourth-order valence-electron chi connectivity index (χ4n) is 2.08. The van der Waals surface area contributed by atoms with Crippen LogP contribution in [0.4, 0.5) is 0 Å². The predicted octanol–water partition coefficient (Wildman–Crippen LogP) is 4.46. The first kappa shape index (κ1) is 9.67. The normalized spacial score (nSPS) is 11.1. The molecule has 0 aliphatic carbocycles. The quantitative estimate of drug-likeness (QED) is 0.665. The van der Waals surface area contributed by atoms with Crippen molar-refractivity contribution in [1.29, 1.82) is 0 Å². The zero-order valence-electron chi connectivity index (χ0n) is 9.16. The molecule has 3 aromatic rings. The monoisotopic (exact) mass is 227 g/mol. The largest absolute Gasteiger partial charge is 0.354 e. The van der Waals surface area contributed by atoms with Crippen LogP contribution < -0.4 is 0 Å². The van der Waals surface area contributed by atoms with Gasteiger partial charge in [-0.2, -0.15) is 0 Å². The summed E-state index contributed by atoms with van der Waals surface area (Å²) in [5.74, 6) is 0. The van der Waals surface area contributed by atoms with Gasteiger partial charge in [-0.05, 0) is 29.5 Å². The summed E-state index contributed by atoms with van der Waals surface area (Å²) in [7, 11) is 0. The lowest BCUT2D eigenvalue weighted by atomic mass is 10.1. The molecular formula is C14H13NS. The highest BCUT2D eigenvalue weighted by Crippen LogP contribution is 2.29. The highest BCUT2D eigenvalue weighted by atomic mass is 32.1. The van der Waals surface area contributed by atoms with Gasteiger partial charge in [0.15, 0.2) is 0 Å². The van der Waals surface area contributed by atoms with Gasteiger partial charge in [0.1, 0.15) is 0 Å². The molecule has 3 rings (SSSR count). The van der Waals surface area contributed by atoms with Crippen LogP contribution in [0.3, 0.4) is 0 Å². The molecule has 2 heterocycles. The lowest BCUT2D eigenvalue weighted by Crippen LogP contribution is -1.81. The molecule has 0 aliphatic heterocycles. The van der Waals surface area contributed by atoms with Gasteiger partial charge in [0, 0.05) is 10.9 Å². The summed E-state index contributed by atoms with van der Waals surface area (Å²) < 4.78 is 0. The molecule has 0 aliphatic rings. The molecule has 0 saturated heterocycles. The fraction of sp³-hybridized carbons (Fsp3) is 0.143. The first-order chi connectivity index (χ1) is 7.88. The highest BCUT2D eigenvalue weighted by molar-refractivity contribution is 7.13. The second-order valence-electron chi connectivity index (χ2n) is 3.90. The number of aromatic amines is 1. The zero-order valence-corrected chi connectivity index (χ0v) is 9.97. The van der Waals surface area contributed by atoms with Crippen molar-refractivity contribution in [1.82, 2.24) is 4.98 Å². The summed E-state index contributed by atoms with van der Waals surface area (Å²) >= 11 is 1.77. The summed E-state index contributed by atoms with van der Waals surface area (Å²) in [6.07, 6.45) is 1.07. The Morgan fingerprint density at radius 2 is 2.12 bits per heavy atom. The number of hydrogen-bond acceptors (Lipinski definition) is 1. The van der Waals surface area contributed by atoms with Crippen LogP contribution in [0.5, 0.6) is 0 Å². The van der Waals surface area contributed by atoms with E-state index in [1.165, 1.54) is 27.0 Å². The molecular weight excluding hydrogens is 214 g/mol. The van der Waals surface area contributed by atoms with Crippen LogP contribution >= 0.6 is 11.3 Å². The van der Waals surface area contributed by atoms with Crippen molar-refractivity contribution in [3.63, 3.8) is 0 Å². The maximum Gasteiger partial charge on any atom is 0.0566 e. The van der Waals surface area contributed by atoms with Crippen molar-refractivity contribution in [2.24, 2.45) is 0 Å². The van der Waals surface area contributed by atoms with Gasteiger partial charge in [-0.15, -0.1) is 11.3 Å². The average Bonchev–Trinajstić information content (AvgIpc) is 2.96. The van der Waals surface area contributed by atoms with Crippen molar-refractivity contribution in [2.75, 3.05) is 0 Å². The van der Waals surface area contributed by atoms with E-state index in [1.807, 2.05) is 0 Å². The number of H-pyrrole nitrogens is 1. The second kappa shape index (κ2) is 3.80. The molecule has 80 valence electrons. The fourth-order valence-corrected chi connectivity index (χ4v) is 2.78. The summed E-state index contributed by atoms with van der Waals surface area (Å²) in [6.45, 7) is 2.19. The molecule has 0 amide bonds. The number of thiophene rings is 1. The first-order valence-electron chi connectivity index (χ1n) is 5.53. The third-order valence-electron chi connectivity index (χ3n) is 2.91. The van der Waals surface area contributed by atoms with Gasteiger partial charge in [0.25, 0.3) is 0 Å². The topological polar surface area (TPSA) is 15.8 Å². The molecule has 1 aromatic carbocycles. The van der Waals surface area contributed by atoms with Gasteiger partial charge in [0.05, 0.1) is 10.6 Å². The number of nitrogens with one attached hydrogen (secondary N) is 1. The van der Waals surface area contributed by atoms with Crippen LogP contribution in [-0.2, 0) is 6.42 Å². The summed E-state index contributed by atoms with van der Waals surface area (Å²) in [4.78, 5) is 4.83.